The van der Waals surface area contributed by atoms with Gasteiger partial charge in [-0.2, -0.15) is 0 Å². The fraction of sp³-hybridized carbons (Fsp3) is 0.500. The molecule has 4 nitrogen and oxygen atoms in total. The topological polar surface area (TPSA) is 67.1 Å². The van der Waals surface area contributed by atoms with Gasteiger partial charge in [-0.1, -0.05) is 6.92 Å². The van der Waals surface area contributed by atoms with Crippen molar-refractivity contribution in [3.63, 3.8) is 0 Å². The van der Waals surface area contributed by atoms with Crippen LogP contribution in [0, 0.1) is 0 Å². The van der Waals surface area contributed by atoms with Gasteiger partial charge < -0.3 is 16.4 Å². The summed E-state index contributed by atoms with van der Waals surface area (Å²) in [7, 11) is 0. The first-order valence-electron chi connectivity index (χ1n) is 6.43. The van der Waals surface area contributed by atoms with Gasteiger partial charge in [-0.25, -0.2) is 4.79 Å². The van der Waals surface area contributed by atoms with Crippen molar-refractivity contribution in [2.24, 2.45) is 0 Å². The lowest BCUT2D eigenvalue weighted by Crippen LogP contribution is -2.43. The maximum absolute atomic E-state index is 11.8. The second-order valence-corrected chi connectivity index (χ2v) is 6.59. The number of amides is 2. The maximum Gasteiger partial charge on any atom is 0.319 e. The predicted molar refractivity (Wildman–Crippen MR) is 83.8 cm³/mol. The molecule has 0 spiro atoms. The lowest BCUT2D eigenvalue weighted by molar-refractivity contribution is 0.244. The van der Waals surface area contributed by atoms with E-state index in [1.807, 2.05) is 39.0 Å². The minimum Gasteiger partial charge on any atom is -0.397 e. The maximum atomic E-state index is 11.8. The van der Waals surface area contributed by atoms with E-state index in [1.54, 1.807) is 11.8 Å². The second-order valence-electron chi connectivity index (χ2n) is 5.43. The van der Waals surface area contributed by atoms with Crippen molar-refractivity contribution in [2.45, 2.75) is 44.6 Å². The molecular formula is C14H23N3OS. The van der Waals surface area contributed by atoms with Gasteiger partial charge in [-0.15, -0.1) is 11.8 Å². The van der Waals surface area contributed by atoms with Crippen LogP contribution in [0.15, 0.2) is 23.1 Å². The number of anilines is 2. The number of hydrogen-bond acceptors (Lipinski definition) is 3. The molecule has 0 saturated heterocycles. The van der Waals surface area contributed by atoms with Crippen LogP contribution in [0.4, 0.5) is 16.2 Å². The van der Waals surface area contributed by atoms with Gasteiger partial charge >= 0.3 is 6.03 Å². The van der Waals surface area contributed by atoms with E-state index in [2.05, 4.69) is 17.6 Å². The third kappa shape index (κ3) is 5.87. The van der Waals surface area contributed by atoms with Crippen molar-refractivity contribution in [1.82, 2.24) is 5.32 Å². The van der Waals surface area contributed by atoms with Gasteiger partial charge in [0, 0.05) is 10.4 Å². The number of carbonyl (C=O) groups excluding carboxylic acids is 1. The van der Waals surface area contributed by atoms with Crippen molar-refractivity contribution in [1.29, 1.82) is 0 Å². The Morgan fingerprint density at radius 3 is 2.63 bits per heavy atom. The van der Waals surface area contributed by atoms with Crippen molar-refractivity contribution in [3.8, 4) is 0 Å². The lowest BCUT2D eigenvalue weighted by atomic mass is 10.1. The molecule has 5 heteroatoms. The van der Waals surface area contributed by atoms with Crippen LogP contribution in [0.25, 0.3) is 0 Å². The van der Waals surface area contributed by atoms with E-state index < -0.39 is 0 Å². The Kier molecular flexibility index (Phi) is 5.54. The highest BCUT2D eigenvalue weighted by Gasteiger charge is 2.14. The zero-order valence-corrected chi connectivity index (χ0v) is 12.9. The molecule has 0 atom stereocenters. The van der Waals surface area contributed by atoms with E-state index in [-0.39, 0.29) is 11.6 Å². The number of thioether (sulfide) groups is 1. The molecule has 2 amide bonds. The number of rotatable bonds is 4. The number of urea groups is 1. The first-order chi connectivity index (χ1) is 8.81. The van der Waals surface area contributed by atoms with Gasteiger partial charge in [-0.05, 0) is 51.1 Å². The monoisotopic (exact) mass is 281 g/mol. The van der Waals surface area contributed by atoms with Crippen molar-refractivity contribution in [2.75, 3.05) is 16.8 Å². The Morgan fingerprint density at radius 2 is 2.05 bits per heavy atom. The van der Waals surface area contributed by atoms with Crippen LogP contribution in [0.2, 0.25) is 0 Å². The predicted octanol–water partition coefficient (Wildman–Crippen LogP) is 3.69. The van der Waals surface area contributed by atoms with E-state index in [0.717, 1.165) is 17.1 Å². The summed E-state index contributed by atoms with van der Waals surface area (Å²) in [6.45, 7) is 7.94. The first-order valence-corrected chi connectivity index (χ1v) is 7.42. The molecule has 0 saturated carbocycles. The molecule has 1 aromatic rings. The highest BCUT2D eigenvalue weighted by molar-refractivity contribution is 7.99. The number of nitrogen functional groups attached to an aromatic ring is 1. The lowest BCUT2D eigenvalue weighted by Gasteiger charge is -2.21. The number of nitrogens with one attached hydrogen (secondary N) is 2. The van der Waals surface area contributed by atoms with Crippen molar-refractivity contribution < 1.29 is 4.79 Å². The molecule has 0 heterocycles. The Morgan fingerprint density at radius 1 is 1.37 bits per heavy atom. The van der Waals surface area contributed by atoms with Crippen LogP contribution in [0.5, 0.6) is 0 Å². The summed E-state index contributed by atoms with van der Waals surface area (Å²) < 4.78 is 0. The Balaban J connectivity index is 2.73. The average Bonchev–Trinajstić information content (AvgIpc) is 2.27. The summed E-state index contributed by atoms with van der Waals surface area (Å²) in [5.41, 5.74) is 6.84. The smallest absolute Gasteiger partial charge is 0.319 e. The molecule has 0 fully saturated rings. The summed E-state index contributed by atoms with van der Waals surface area (Å²) in [4.78, 5) is 12.9. The Hall–Kier alpha value is -1.36. The van der Waals surface area contributed by atoms with Gasteiger partial charge in [-0.3, -0.25) is 0 Å². The molecule has 106 valence electrons. The quantitative estimate of drug-likeness (QED) is 0.582. The average molecular weight is 281 g/mol. The minimum absolute atomic E-state index is 0.239. The minimum atomic E-state index is -0.270. The van der Waals surface area contributed by atoms with Crippen LogP contribution in [-0.2, 0) is 0 Å². The third-order valence-electron chi connectivity index (χ3n) is 2.23. The summed E-state index contributed by atoms with van der Waals surface area (Å²) in [5.74, 6) is 1.05. The zero-order valence-electron chi connectivity index (χ0n) is 12.0. The molecule has 0 radical (unpaired) electrons. The highest BCUT2D eigenvalue weighted by atomic mass is 32.2. The second kappa shape index (κ2) is 6.70. The van der Waals surface area contributed by atoms with E-state index in [0.29, 0.717) is 11.4 Å². The SMILES string of the molecule is CCCSc1ccc(N)c(NC(=O)NC(C)(C)C)c1. The normalized spacial score (nSPS) is 11.2. The number of hydrogen-bond donors (Lipinski definition) is 3. The van der Waals surface area contributed by atoms with Gasteiger partial charge in [0.2, 0.25) is 0 Å². The molecule has 0 aliphatic carbocycles. The number of benzene rings is 1. The number of carbonyl (C=O) groups is 1. The van der Waals surface area contributed by atoms with E-state index in [9.17, 15) is 4.79 Å². The summed E-state index contributed by atoms with van der Waals surface area (Å²) >= 11 is 1.76. The van der Waals surface area contributed by atoms with Crippen LogP contribution in [-0.4, -0.2) is 17.3 Å². The molecule has 0 unspecified atom stereocenters. The Labute approximate surface area is 119 Å². The zero-order chi connectivity index (χ0) is 14.5. The van der Waals surface area contributed by atoms with Crippen molar-refractivity contribution in [3.05, 3.63) is 18.2 Å². The molecule has 0 aliphatic rings. The van der Waals surface area contributed by atoms with E-state index >= 15 is 0 Å². The molecule has 19 heavy (non-hydrogen) atoms. The van der Waals surface area contributed by atoms with Crippen LogP contribution >= 0.6 is 11.8 Å². The molecule has 0 aliphatic heterocycles. The number of nitrogens with two attached hydrogens (primary N) is 1. The molecule has 1 rings (SSSR count). The third-order valence-corrected chi connectivity index (χ3v) is 3.43. The summed E-state index contributed by atoms with van der Waals surface area (Å²) in [5, 5.41) is 5.64. The van der Waals surface area contributed by atoms with Crippen LogP contribution in [0.3, 0.4) is 0 Å². The van der Waals surface area contributed by atoms with Crippen LogP contribution < -0.4 is 16.4 Å². The fourth-order valence-electron chi connectivity index (χ4n) is 1.45. The van der Waals surface area contributed by atoms with Gasteiger partial charge in [0.05, 0.1) is 11.4 Å². The van der Waals surface area contributed by atoms with Crippen molar-refractivity contribution >= 4 is 29.2 Å². The summed E-state index contributed by atoms with van der Waals surface area (Å²) in [6, 6.07) is 5.47. The fourth-order valence-corrected chi connectivity index (χ4v) is 2.25. The molecule has 0 bridgehead atoms. The Bertz CT molecular complexity index is 441. The molecular weight excluding hydrogens is 258 g/mol. The molecule has 4 N–H and O–H groups in total. The largest absolute Gasteiger partial charge is 0.397 e. The standard InChI is InChI=1S/C14H23N3OS/c1-5-8-19-10-6-7-11(15)12(9-10)16-13(18)17-14(2,3)4/h6-7,9H,5,8,15H2,1-4H3,(H2,16,17,18). The van der Waals surface area contributed by atoms with E-state index in [1.165, 1.54) is 0 Å². The van der Waals surface area contributed by atoms with E-state index in [4.69, 9.17) is 5.73 Å². The van der Waals surface area contributed by atoms with Gasteiger partial charge in [0.1, 0.15) is 0 Å². The van der Waals surface area contributed by atoms with Gasteiger partial charge in [0.25, 0.3) is 0 Å². The van der Waals surface area contributed by atoms with Crippen LogP contribution in [0.1, 0.15) is 34.1 Å². The summed E-state index contributed by atoms with van der Waals surface area (Å²) in [6.07, 6.45) is 1.11. The molecule has 0 aromatic heterocycles. The van der Waals surface area contributed by atoms with Gasteiger partial charge in [0.15, 0.2) is 0 Å². The highest BCUT2D eigenvalue weighted by Crippen LogP contribution is 2.27. The first kappa shape index (κ1) is 15.7. The molecule has 1 aromatic carbocycles.